The molecule has 0 saturated heterocycles. The van der Waals surface area contributed by atoms with Gasteiger partial charge < -0.3 is 4.74 Å². The van der Waals surface area contributed by atoms with Crippen molar-refractivity contribution in [3.8, 4) is 0 Å². The zero-order chi connectivity index (χ0) is 18.5. The molecule has 0 saturated carbocycles. The number of nitrogens with one attached hydrogen (secondary N) is 1. The highest BCUT2D eigenvalue weighted by atomic mass is 16.5. The van der Waals surface area contributed by atoms with Crippen LogP contribution in [-0.4, -0.2) is 43.0 Å². The van der Waals surface area contributed by atoms with E-state index in [2.05, 4.69) is 20.5 Å². The number of amides is 1. The van der Waals surface area contributed by atoms with E-state index in [1.54, 1.807) is 18.7 Å². The van der Waals surface area contributed by atoms with Gasteiger partial charge in [-0.1, -0.05) is 30.3 Å². The molecule has 0 radical (unpaired) electrons. The molecule has 0 spiro atoms. The van der Waals surface area contributed by atoms with Crippen molar-refractivity contribution in [1.82, 2.24) is 24.5 Å². The molecule has 26 heavy (non-hydrogen) atoms. The Morgan fingerprint density at radius 1 is 1.19 bits per heavy atom. The third kappa shape index (κ3) is 3.94. The minimum Gasteiger partial charge on any atom is -0.461 e. The lowest BCUT2D eigenvalue weighted by atomic mass is 10.2. The first kappa shape index (κ1) is 17.3. The van der Waals surface area contributed by atoms with Crippen LogP contribution in [0.2, 0.25) is 0 Å². The van der Waals surface area contributed by atoms with Crippen molar-refractivity contribution in [1.29, 1.82) is 0 Å². The predicted molar refractivity (Wildman–Crippen MR) is 92.7 cm³/mol. The number of carbonyl (C=O) groups excluding carboxylic acids is 2. The largest absolute Gasteiger partial charge is 0.461 e. The second-order valence-electron chi connectivity index (χ2n) is 5.46. The van der Waals surface area contributed by atoms with Crippen LogP contribution in [-0.2, 0) is 18.3 Å². The normalized spacial score (nSPS) is 10.5. The fourth-order valence-corrected chi connectivity index (χ4v) is 2.34. The highest BCUT2D eigenvalue weighted by Gasteiger charge is 2.19. The average Bonchev–Trinajstić information content (AvgIpc) is 3.22. The maximum Gasteiger partial charge on any atom is 0.356 e. The van der Waals surface area contributed by atoms with E-state index in [1.807, 2.05) is 30.3 Å². The number of nitrogens with zero attached hydrogens (tertiary/aromatic N) is 5. The molecule has 0 aliphatic carbocycles. The van der Waals surface area contributed by atoms with Gasteiger partial charge in [-0.3, -0.25) is 14.8 Å². The number of carbonyl (C=O) groups is 2. The predicted octanol–water partition coefficient (Wildman–Crippen LogP) is 1.49. The summed E-state index contributed by atoms with van der Waals surface area (Å²) in [7, 11) is 1.57. The zero-order valence-electron chi connectivity index (χ0n) is 14.4. The molecule has 2 heterocycles. The Hall–Kier alpha value is -3.49. The van der Waals surface area contributed by atoms with Gasteiger partial charge >= 0.3 is 5.97 Å². The molecule has 0 unspecified atom stereocenters. The minimum atomic E-state index is -0.535. The molecule has 9 heteroatoms. The van der Waals surface area contributed by atoms with Crippen LogP contribution >= 0.6 is 0 Å². The summed E-state index contributed by atoms with van der Waals surface area (Å²) >= 11 is 0. The van der Waals surface area contributed by atoms with Crippen LogP contribution < -0.4 is 5.32 Å². The topological polar surface area (TPSA) is 104 Å². The van der Waals surface area contributed by atoms with Crippen LogP contribution in [0.15, 0.2) is 42.7 Å². The lowest BCUT2D eigenvalue weighted by Crippen LogP contribution is -2.14. The lowest BCUT2D eigenvalue weighted by molar-refractivity contribution is 0.0513. The molecule has 0 aliphatic rings. The van der Waals surface area contributed by atoms with E-state index in [4.69, 9.17) is 4.74 Å². The quantitative estimate of drug-likeness (QED) is 0.673. The number of hydrogen-bond acceptors (Lipinski definition) is 6. The summed E-state index contributed by atoms with van der Waals surface area (Å²) < 4.78 is 7.84. The van der Waals surface area contributed by atoms with Crippen LogP contribution in [0.5, 0.6) is 0 Å². The van der Waals surface area contributed by atoms with Gasteiger partial charge in [-0.2, -0.15) is 5.10 Å². The van der Waals surface area contributed by atoms with E-state index < -0.39 is 11.9 Å². The Morgan fingerprint density at radius 2 is 1.96 bits per heavy atom. The third-order valence-corrected chi connectivity index (χ3v) is 3.55. The summed E-state index contributed by atoms with van der Waals surface area (Å²) in [5.41, 5.74) is 1.34. The molecule has 1 N–H and O–H groups in total. The number of aryl methyl sites for hydroxylation is 1. The Balaban J connectivity index is 1.67. The lowest BCUT2D eigenvalue weighted by Gasteiger charge is -2.00. The molecule has 0 aliphatic heterocycles. The maximum absolute atomic E-state index is 12.3. The van der Waals surface area contributed by atoms with Crippen molar-refractivity contribution >= 4 is 17.8 Å². The highest BCUT2D eigenvalue weighted by molar-refractivity contribution is 6.03. The van der Waals surface area contributed by atoms with Gasteiger partial charge in [-0.25, -0.2) is 14.5 Å². The molecule has 134 valence electrons. The van der Waals surface area contributed by atoms with E-state index in [-0.39, 0.29) is 23.9 Å². The second kappa shape index (κ2) is 7.60. The molecule has 0 fully saturated rings. The van der Waals surface area contributed by atoms with Gasteiger partial charge in [0.1, 0.15) is 12.0 Å². The molecular weight excluding hydrogens is 336 g/mol. The van der Waals surface area contributed by atoms with E-state index in [0.717, 1.165) is 5.56 Å². The van der Waals surface area contributed by atoms with Gasteiger partial charge in [-0.05, 0) is 12.5 Å². The number of esters is 1. The minimum absolute atomic E-state index is 0.0787. The van der Waals surface area contributed by atoms with Crippen LogP contribution in [0.4, 0.5) is 5.95 Å². The number of hydrogen-bond donors (Lipinski definition) is 1. The molecule has 3 aromatic rings. The van der Waals surface area contributed by atoms with Crippen molar-refractivity contribution in [3.63, 3.8) is 0 Å². The first-order valence-corrected chi connectivity index (χ1v) is 8.02. The first-order chi connectivity index (χ1) is 12.6. The van der Waals surface area contributed by atoms with Crippen molar-refractivity contribution in [3.05, 3.63) is 59.7 Å². The summed E-state index contributed by atoms with van der Waals surface area (Å²) in [5.74, 6) is -0.880. The van der Waals surface area contributed by atoms with E-state index in [0.29, 0.717) is 6.54 Å². The van der Waals surface area contributed by atoms with Crippen LogP contribution in [0.3, 0.4) is 0 Å². The fourth-order valence-electron chi connectivity index (χ4n) is 2.34. The van der Waals surface area contributed by atoms with Gasteiger partial charge in [0.15, 0.2) is 5.69 Å². The van der Waals surface area contributed by atoms with Crippen molar-refractivity contribution < 1.29 is 14.3 Å². The molecule has 0 atom stereocenters. The SMILES string of the molecule is CCOC(=O)c1cc(C(=O)Nc2ncn(Cc3ccccc3)n2)nn1C. The number of rotatable bonds is 6. The van der Waals surface area contributed by atoms with Gasteiger partial charge in [0, 0.05) is 13.1 Å². The molecule has 1 aromatic carbocycles. The van der Waals surface area contributed by atoms with Gasteiger partial charge in [0.25, 0.3) is 5.91 Å². The van der Waals surface area contributed by atoms with Crippen molar-refractivity contribution in [2.45, 2.75) is 13.5 Å². The van der Waals surface area contributed by atoms with Gasteiger partial charge in [-0.15, -0.1) is 5.10 Å². The zero-order valence-corrected chi connectivity index (χ0v) is 14.4. The standard InChI is InChI=1S/C17H18N6O3/c1-3-26-16(25)14-9-13(20-22(14)2)15(24)19-17-18-11-23(21-17)10-12-7-5-4-6-8-12/h4-9,11H,3,10H2,1-2H3,(H,19,21,24). The van der Waals surface area contributed by atoms with Crippen LogP contribution in [0.1, 0.15) is 33.5 Å². The Labute approximate surface area is 149 Å². The molecule has 9 nitrogen and oxygen atoms in total. The molecule has 3 rings (SSSR count). The summed E-state index contributed by atoms with van der Waals surface area (Å²) in [6.07, 6.45) is 1.53. The van der Waals surface area contributed by atoms with Crippen molar-refractivity contribution in [2.75, 3.05) is 11.9 Å². The van der Waals surface area contributed by atoms with E-state index in [9.17, 15) is 9.59 Å². The molecular formula is C17H18N6O3. The van der Waals surface area contributed by atoms with Gasteiger partial charge in [0.2, 0.25) is 5.95 Å². The maximum atomic E-state index is 12.3. The number of anilines is 1. The first-order valence-electron chi connectivity index (χ1n) is 8.02. The van der Waals surface area contributed by atoms with Crippen molar-refractivity contribution in [2.24, 2.45) is 7.05 Å². The van der Waals surface area contributed by atoms with Crippen LogP contribution in [0.25, 0.3) is 0 Å². The van der Waals surface area contributed by atoms with E-state index >= 15 is 0 Å². The van der Waals surface area contributed by atoms with Crippen LogP contribution in [0, 0.1) is 0 Å². The van der Waals surface area contributed by atoms with Gasteiger partial charge in [0.05, 0.1) is 13.2 Å². The monoisotopic (exact) mass is 354 g/mol. The molecule has 1 amide bonds. The summed E-state index contributed by atoms with van der Waals surface area (Å²) in [5, 5.41) is 10.8. The summed E-state index contributed by atoms with van der Waals surface area (Å²) in [4.78, 5) is 28.2. The molecule has 0 bridgehead atoms. The summed E-state index contributed by atoms with van der Waals surface area (Å²) in [6, 6.07) is 11.1. The smallest absolute Gasteiger partial charge is 0.356 e. The van der Waals surface area contributed by atoms with E-state index in [1.165, 1.54) is 17.1 Å². The Kier molecular flexibility index (Phi) is 5.07. The fraction of sp³-hybridized carbons (Fsp3) is 0.235. The highest BCUT2D eigenvalue weighted by Crippen LogP contribution is 2.08. The average molecular weight is 354 g/mol. The third-order valence-electron chi connectivity index (χ3n) is 3.55. The Morgan fingerprint density at radius 3 is 2.69 bits per heavy atom. The second-order valence-corrected chi connectivity index (χ2v) is 5.46. The number of aromatic nitrogens is 5. The molecule has 2 aromatic heterocycles. The number of ether oxygens (including phenoxy) is 1. The summed E-state index contributed by atoms with van der Waals surface area (Å²) in [6.45, 7) is 2.49. The number of benzene rings is 1. The Bertz CT molecular complexity index is 916.